The van der Waals surface area contributed by atoms with Gasteiger partial charge in [0.05, 0.1) is 16.8 Å². The molecule has 2 aromatic carbocycles. The predicted molar refractivity (Wildman–Crippen MR) is 117 cm³/mol. The van der Waals surface area contributed by atoms with E-state index in [4.69, 9.17) is 0 Å². The second kappa shape index (κ2) is 8.37. The van der Waals surface area contributed by atoms with Crippen LogP contribution in [0.2, 0.25) is 0 Å². The van der Waals surface area contributed by atoms with E-state index in [1.165, 1.54) is 6.07 Å². The molecule has 1 unspecified atom stereocenters. The van der Waals surface area contributed by atoms with Gasteiger partial charge in [-0.25, -0.2) is 9.37 Å². The van der Waals surface area contributed by atoms with Crippen LogP contribution in [0.1, 0.15) is 46.8 Å². The predicted octanol–water partition coefficient (Wildman–Crippen LogP) is 3.97. The number of hydrogen-bond acceptors (Lipinski definition) is 4. The van der Waals surface area contributed by atoms with E-state index in [9.17, 15) is 18.8 Å². The number of rotatable bonds is 6. The zero-order valence-electron chi connectivity index (χ0n) is 18.0. The van der Waals surface area contributed by atoms with Crippen LogP contribution in [0, 0.1) is 18.7 Å². The number of benzene rings is 2. The molecule has 7 nitrogen and oxygen atoms in total. The van der Waals surface area contributed by atoms with E-state index < -0.39 is 29.6 Å². The number of aryl methyl sites for hydroxylation is 1. The first kappa shape index (κ1) is 21.4. The number of halogens is 1. The number of imide groups is 1. The monoisotopic (exact) mass is 434 g/mol. The van der Waals surface area contributed by atoms with E-state index in [1.54, 1.807) is 60.3 Å². The van der Waals surface area contributed by atoms with Crippen LogP contribution >= 0.6 is 0 Å². The molecule has 0 saturated heterocycles. The van der Waals surface area contributed by atoms with Crippen molar-refractivity contribution in [1.82, 2.24) is 14.5 Å². The molecule has 0 fully saturated rings. The normalized spacial score (nSPS) is 14.1. The Balaban J connectivity index is 1.60. The van der Waals surface area contributed by atoms with E-state index >= 15 is 0 Å². The maximum atomic E-state index is 14.7. The molecule has 32 heavy (non-hydrogen) atoms. The molecular weight excluding hydrogens is 411 g/mol. The molecule has 3 aromatic rings. The maximum absolute atomic E-state index is 14.7. The van der Waals surface area contributed by atoms with Crippen LogP contribution in [0.5, 0.6) is 0 Å². The number of nitrogens with zero attached hydrogens (tertiary/aromatic N) is 3. The van der Waals surface area contributed by atoms with Gasteiger partial charge in [-0.1, -0.05) is 26.0 Å². The first-order chi connectivity index (χ1) is 15.3. The minimum atomic E-state index is -1.01. The van der Waals surface area contributed by atoms with Crippen LogP contribution in [-0.2, 0) is 4.79 Å². The Morgan fingerprint density at radius 3 is 2.28 bits per heavy atom. The lowest BCUT2D eigenvalue weighted by Gasteiger charge is -2.26. The topological polar surface area (TPSA) is 84.3 Å². The van der Waals surface area contributed by atoms with Gasteiger partial charge in [-0.2, -0.15) is 0 Å². The molecule has 0 saturated carbocycles. The summed E-state index contributed by atoms with van der Waals surface area (Å²) in [5.74, 6) is -1.40. The molecule has 1 aromatic heterocycles. The number of carbonyl (C=O) groups excluding carboxylic acids is 3. The van der Waals surface area contributed by atoms with Gasteiger partial charge in [-0.15, -0.1) is 0 Å². The van der Waals surface area contributed by atoms with Gasteiger partial charge in [0, 0.05) is 18.1 Å². The van der Waals surface area contributed by atoms with Crippen molar-refractivity contribution < 1.29 is 18.8 Å². The van der Waals surface area contributed by atoms with E-state index in [0.29, 0.717) is 11.5 Å². The molecule has 1 aliphatic rings. The minimum absolute atomic E-state index is 0.0402. The average Bonchev–Trinajstić information content (AvgIpc) is 3.28. The number of imidazole rings is 1. The molecule has 164 valence electrons. The Morgan fingerprint density at radius 2 is 1.75 bits per heavy atom. The van der Waals surface area contributed by atoms with Crippen LogP contribution in [0.4, 0.5) is 10.1 Å². The quantitative estimate of drug-likeness (QED) is 0.595. The number of nitrogens with one attached hydrogen (secondary N) is 1. The molecule has 0 spiro atoms. The molecule has 3 amide bonds. The summed E-state index contributed by atoms with van der Waals surface area (Å²) < 4.78 is 16.3. The van der Waals surface area contributed by atoms with E-state index in [-0.39, 0.29) is 29.2 Å². The SMILES string of the molecule is Cc1nccn1-c1ccc(NC(=O)C(CC(C)C)N2C(=O)c3ccccc3C2=O)cc1F. The van der Waals surface area contributed by atoms with Gasteiger partial charge >= 0.3 is 0 Å². The Morgan fingerprint density at radius 1 is 1.09 bits per heavy atom. The fourth-order valence-electron chi connectivity index (χ4n) is 3.91. The van der Waals surface area contributed by atoms with Crippen LogP contribution in [0.15, 0.2) is 54.9 Å². The summed E-state index contributed by atoms with van der Waals surface area (Å²) in [6.07, 6.45) is 3.50. The standard InChI is InChI=1S/C24H23FN4O3/c1-14(2)12-21(29-23(31)17-6-4-5-7-18(17)24(29)32)22(30)27-16-8-9-20(19(25)13-16)28-11-10-26-15(28)3/h4-11,13-14,21H,12H2,1-3H3,(H,27,30). The second-order valence-electron chi connectivity index (χ2n) is 8.17. The molecule has 4 rings (SSSR count). The zero-order chi connectivity index (χ0) is 23.0. The summed E-state index contributed by atoms with van der Waals surface area (Å²) in [4.78, 5) is 44.1. The first-order valence-electron chi connectivity index (χ1n) is 10.4. The van der Waals surface area contributed by atoms with Crippen molar-refractivity contribution >= 4 is 23.4 Å². The van der Waals surface area contributed by atoms with Crippen molar-refractivity contribution in [3.63, 3.8) is 0 Å². The van der Waals surface area contributed by atoms with Gasteiger partial charge in [-0.05, 0) is 49.6 Å². The van der Waals surface area contributed by atoms with Crippen LogP contribution in [-0.4, -0.2) is 38.2 Å². The number of fused-ring (bicyclic) bond motifs is 1. The van der Waals surface area contributed by atoms with Crippen molar-refractivity contribution in [3.8, 4) is 5.69 Å². The average molecular weight is 434 g/mol. The zero-order valence-corrected chi connectivity index (χ0v) is 18.0. The van der Waals surface area contributed by atoms with Crippen molar-refractivity contribution in [1.29, 1.82) is 0 Å². The van der Waals surface area contributed by atoms with Gasteiger partial charge in [0.25, 0.3) is 11.8 Å². The molecule has 8 heteroatoms. The largest absolute Gasteiger partial charge is 0.324 e. The van der Waals surface area contributed by atoms with E-state index in [2.05, 4.69) is 10.3 Å². The van der Waals surface area contributed by atoms with Gasteiger partial charge in [0.15, 0.2) is 0 Å². The Kier molecular flexibility index (Phi) is 5.61. The molecule has 1 atom stereocenters. The molecular formula is C24H23FN4O3. The van der Waals surface area contributed by atoms with Crippen LogP contribution < -0.4 is 5.32 Å². The summed E-state index contributed by atoms with van der Waals surface area (Å²) in [7, 11) is 0. The summed E-state index contributed by atoms with van der Waals surface area (Å²) in [6, 6.07) is 9.82. The number of aromatic nitrogens is 2. The highest BCUT2D eigenvalue weighted by atomic mass is 19.1. The summed E-state index contributed by atoms with van der Waals surface area (Å²) in [6.45, 7) is 5.56. The molecule has 2 heterocycles. The fourth-order valence-corrected chi connectivity index (χ4v) is 3.91. The number of anilines is 1. The molecule has 0 radical (unpaired) electrons. The van der Waals surface area contributed by atoms with Crippen molar-refractivity contribution in [2.45, 2.75) is 33.2 Å². The maximum Gasteiger partial charge on any atom is 0.262 e. The molecule has 1 N–H and O–H groups in total. The third kappa shape index (κ3) is 3.79. The first-order valence-corrected chi connectivity index (χ1v) is 10.4. The Labute approximate surface area is 184 Å². The number of carbonyl (C=O) groups is 3. The van der Waals surface area contributed by atoms with Gasteiger partial charge in [0.1, 0.15) is 17.7 Å². The minimum Gasteiger partial charge on any atom is -0.324 e. The molecule has 0 bridgehead atoms. The molecule has 1 aliphatic heterocycles. The van der Waals surface area contributed by atoms with Gasteiger partial charge in [0.2, 0.25) is 5.91 Å². The fraction of sp³-hybridized carbons (Fsp3) is 0.250. The lowest BCUT2D eigenvalue weighted by molar-refractivity contribution is -0.120. The highest BCUT2D eigenvalue weighted by molar-refractivity contribution is 6.23. The lowest BCUT2D eigenvalue weighted by Crippen LogP contribution is -2.47. The third-order valence-electron chi connectivity index (χ3n) is 5.43. The highest BCUT2D eigenvalue weighted by Gasteiger charge is 2.42. The third-order valence-corrected chi connectivity index (χ3v) is 5.43. The summed E-state index contributed by atoms with van der Waals surface area (Å²) in [5, 5.41) is 2.67. The van der Waals surface area contributed by atoms with E-state index in [0.717, 1.165) is 4.90 Å². The van der Waals surface area contributed by atoms with Crippen LogP contribution in [0.25, 0.3) is 5.69 Å². The van der Waals surface area contributed by atoms with E-state index in [1.807, 2.05) is 13.8 Å². The smallest absolute Gasteiger partial charge is 0.262 e. The Hall–Kier alpha value is -3.81. The van der Waals surface area contributed by atoms with Crippen molar-refractivity contribution in [2.75, 3.05) is 5.32 Å². The van der Waals surface area contributed by atoms with Gasteiger partial charge in [-0.3, -0.25) is 19.3 Å². The second-order valence-corrected chi connectivity index (χ2v) is 8.17. The summed E-state index contributed by atoms with van der Waals surface area (Å²) in [5.41, 5.74) is 1.10. The molecule has 0 aliphatic carbocycles. The van der Waals surface area contributed by atoms with Crippen LogP contribution in [0.3, 0.4) is 0 Å². The van der Waals surface area contributed by atoms with Gasteiger partial charge < -0.3 is 9.88 Å². The number of amides is 3. The van der Waals surface area contributed by atoms with Crippen molar-refractivity contribution in [3.05, 3.63) is 77.6 Å². The summed E-state index contributed by atoms with van der Waals surface area (Å²) >= 11 is 0. The lowest BCUT2D eigenvalue weighted by atomic mass is 10.0. The number of hydrogen-bond donors (Lipinski definition) is 1. The van der Waals surface area contributed by atoms with Crippen molar-refractivity contribution in [2.24, 2.45) is 5.92 Å². The highest BCUT2D eigenvalue weighted by Crippen LogP contribution is 2.28. The Bertz CT molecular complexity index is 1180.